The molecule has 4 rings (SSSR count). The molecule has 1 saturated heterocycles. The van der Waals surface area contributed by atoms with Crippen LogP contribution in [-0.4, -0.2) is 60.7 Å². The Morgan fingerprint density at radius 1 is 0.833 bits per heavy atom. The molecule has 2 aromatic rings. The first-order chi connectivity index (χ1) is 14.3. The van der Waals surface area contributed by atoms with Crippen LogP contribution in [0.3, 0.4) is 0 Å². The van der Waals surface area contributed by atoms with Gasteiger partial charge in [0, 0.05) is 25.2 Å². The van der Waals surface area contributed by atoms with Gasteiger partial charge in [0.25, 0.3) is 10.0 Å². The second kappa shape index (κ2) is 8.23. The Hall–Kier alpha value is -2.05. The third-order valence-electron chi connectivity index (χ3n) is 4.62. The summed E-state index contributed by atoms with van der Waals surface area (Å²) in [4.78, 5) is -0.0879. The monoisotopic (exact) mass is 474 g/mol. The van der Waals surface area contributed by atoms with Crippen molar-refractivity contribution in [3.8, 4) is 11.5 Å². The van der Waals surface area contributed by atoms with E-state index < -0.39 is 20.0 Å². The summed E-state index contributed by atoms with van der Waals surface area (Å²) < 4.78 is 70.7. The second-order valence-corrected chi connectivity index (χ2v) is 10.6. The summed E-state index contributed by atoms with van der Waals surface area (Å²) in [6.07, 6.45) is 0. The van der Waals surface area contributed by atoms with Crippen LogP contribution in [0.4, 0.5) is 5.69 Å². The Bertz CT molecular complexity index is 1150. The maximum absolute atomic E-state index is 12.8. The number of nitrogens with zero attached hydrogens (tertiary/aromatic N) is 1. The van der Waals surface area contributed by atoms with Gasteiger partial charge in [-0.2, -0.15) is 4.31 Å². The summed E-state index contributed by atoms with van der Waals surface area (Å²) in [5.41, 5.74) is 0.130. The number of ether oxygens (including phenoxy) is 3. The average molecular weight is 475 g/mol. The fraction of sp³-hybridized carbons (Fsp3) is 0.333. The first kappa shape index (κ1) is 21.2. The van der Waals surface area contributed by atoms with E-state index in [1.807, 2.05) is 0 Å². The number of rotatable bonds is 5. The van der Waals surface area contributed by atoms with Crippen molar-refractivity contribution in [2.45, 2.75) is 9.79 Å². The summed E-state index contributed by atoms with van der Waals surface area (Å²) >= 11 is 6.17. The summed E-state index contributed by atoms with van der Waals surface area (Å²) in [5, 5.41) is 0.148. The van der Waals surface area contributed by atoms with Crippen LogP contribution in [0.25, 0.3) is 0 Å². The van der Waals surface area contributed by atoms with E-state index in [1.54, 1.807) is 0 Å². The lowest BCUT2D eigenvalue weighted by atomic mass is 10.2. The van der Waals surface area contributed by atoms with Gasteiger partial charge in [0.1, 0.15) is 13.2 Å². The minimum absolute atomic E-state index is 0.0145. The molecule has 1 fully saturated rings. The van der Waals surface area contributed by atoms with Gasteiger partial charge in [-0.1, -0.05) is 11.6 Å². The molecule has 2 aliphatic heterocycles. The summed E-state index contributed by atoms with van der Waals surface area (Å²) in [7, 11) is -7.72. The molecule has 0 bridgehead atoms. The van der Waals surface area contributed by atoms with Crippen LogP contribution in [-0.2, 0) is 24.8 Å². The van der Waals surface area contributed by atoms with E-state index in [9.17, 15) is 16.8 Å². The highest BCUT2D eigenvalue weighted by atomic mass is 35.5. The number of benzene rings is 2. The van der Waals surface area contributed by atoms with Crippen molar-refractivity contribution in [1.82, 2.24) is 4.31 Å². The first-order valence-corrected chi connectivity index (χ1v) is 12.4. The zero-order valence-corrected chi connectivity index (χ0v) is 18.1. The van der Waals surface area contributed by atoms with Gasteiger partial charge in [0.15, 0.2) is 11.5 Å². The molecular weight excluding hydrogens is 456 g/mol. The van der Waals surface area contributed by atoms with E-state index in [1.165, 1.54) is 40.7 Å². The number of hydrogen-bond donors (Lipinski definition) is 1. The lowest BCUT2D eigenvalue weighted by Crippen LogP contribution is -2.40. The van der Waals surface area contributed by atoms with Gasteiger partial charge < -0.3 is 14.2 Å². The summed E-state index contributed by atoms with van der Waals surface area (Å²) in [6.45, 7) is 1.89. The lowest BCUT2D eigenvalue weighted by molar-refractivity contribution is 0.0730. The fourth-order valence-electron chi connectivity index (χ4n) is 3.07. The van der Waals surface area contributed by atoms with E-state index in [0.717, 1.165) is 0 Å². The molecule has 2 aliphatic rings. The molecule has 0 aromatic heterocycles. The predicted molar refractivity (Wildman–Crippen MR) is 109 cm³/mol. The molecule has 2 aromatic carbocycles. The smallest absolute Gasteiger partial charge is 0.261 e. The average Bonchev–Trinajstić information content (AvgIpc) is 2.75. The minimum atomic E-state index is -4.01. The van der Waals surface area contributed by atoms with E-state index in [-0.39, 0.29) is 33.6 Å². The standard InChI is InChI=1S/C18H19ClN2O7S2/c19-15-11-17-18(28-10-9-27-17)12-16(15)20-29(22,23)13-1-3-14(4-2-13)30(24,25)21-5-7-26-8-6-21/h1-4,11-12,20H,5-10H2. The Morgan fingerprint density at radius 2 is 1.40 bits per heavy atom. The Balaban J connectivity index is 1.56. The van der Waals surface area contributed by atoms with Crippen molar-refractivity contribution in [2.24, 2.45) is 0 Å². The SMILES string of the molecule is O=S(=O)(Nc1cc2c(cc1Cl)OCCO2)c1ccc(S(=O)(=O)N2CCOCC2)cc1. The molecule has 30 heavy (non-hydrogen) atoms. The number of halogens is 1. The highest BCUT2D eigenvalue weighted by Gasteiger charge is 2.27. The van der Waals surface area contributed by atoms with Crippen LogP contribution in [0.2, 0.25) is 5.02 Å². The molecule has 162 valence electrons. The van der Waals surface area contributed by atoms with E-state index >= 15 is 0 Å². The molecule has 9 nitrogen and oxygen atoms in total. The number of sulfonamides is 2. The van der Waals surface area contributed by atoms with Crippen LogP contribution < -0.4 is 14.2 Å². The fourth-order valence-corrected chi connectivity index (χ4v) is 5.81. The van der Waals surface area contributed by atoms with Gasteiger partial charge in [-0.05, 0) is 24.3 Å². The predicted octanol–water partition coefficient (Wildman–Crippen LogP) is 1.93. The molecule has 12 heteroatoms. The highest BCUT2D eigenvalue weighted by Crippen LogP contribution is 2.38. The van der Waals surface area contributed by atoms with E-state index in [2.05, 4.69) is 4.72 Å². The van der Waals surface area contributed by atoms with Gasteiger partial charge >= 0.3 is 0 Å². The van der Waals surface area contributed by atoms with Crippen molar-refractivity contribution in [1.29, 1.82) is 0 Å². The third-order valence-corrected chi connectivity index (χ3v) is 8.23. The largest absolute Gasteiger partial charge is 0.486 e. The molecular formula is C18H19ClN2O7S2. The van der Waals surface area contributed by atoms with Crippen molar-refractivity contribution in [3.63, 3.8) is 0 Å². The zero-order chi connectivity index (χ0) is 21.4. The van der Waals surface area contributed by atoms with Gasteiger partial charge in [-0.15, -0.1) is 0 Å². The Morgan fingerprint density at radius 3 is 2.03 bits per heavy atom. The third kappa shape index (κ3) is 4.21. The first-order valence-electron chi connectivity index (χ1n) is 9.07. The molecule has 0 unspecified atom stereocenters. The molecule has 0 saturated carbocycles. The lowest BCUT2D eigenvalue weighted by Gasteiger charge is -2.26. The number of morpholine rings is 1. The molecule has 0 radical (unpaired) electrons. The summed E-state index contributed by atoms with van der Waals surface area (Å²) in [6, 6.07) is 7.94. The molecule has 0 amide bonds. The van der Waals surface area contributed by atoms with Crippen LogP contribution in [0.5, 0.6) is 11.5 Å². The minimum Gasteiger partial charge on any atom is -0.486 e. The maximum Gasteiger partial charge on any atom is 0.261 e. The van der Waals surface area contributed by atoms with E-state index in [4.69, 9.17) is 25.8 Å². The highest BCUT2D eigenvalue weighted by molar-refractivity contribution is 7.92. The van der Waals surface area contributed by atoms with Gasteiger partial charge in [-0.25, -0.2) is 16.8 Å². The van der Waals surface area contributed by atoms with Crippen molar-refractivity contribution >= 4 is 37.3 Å². The van der Waals surface area contributed by atoms with Crippen LogP contribution in [0.1, 0.15) is 0 Å². The second-order valence-electron chi connectivity index (χ2n) is 6.57. The van der Waals surface area contributed by atoms with Gasteiger partial charge in [0.05, 0.1) is 33.7 Å². The summed E-state index contributed by atoms with van der Waals surface area (Å²) in [5.74, 6) is 0.821. The van der Waals surface area contributed by atoms with Crippen molar-refractivity contribution < 1.29 is 31.0 Å². The number of nitrogens with one attached hydrogen (secondary N) is 1. The van der Waals surface area contributed by atoms with Gasteiger partial charge in [0.2, 0.25) is 10.0 Å². The molecule has 1 N–H and O–H groups in total. The topological polar surface area (TPSA) is 111 Å². The van der Waals surface area contributed by atoms with Crippen LogP contribution in [0, 0.1) is 0 Å². The quantitative estimate of drug-likeness (QED) is 0.704. The molecule has 0 spiro atoms. The van der Waals surface area contributed by atoms with Gasteiger partial charge in [-0.3, -0.25) is 4.72 Å². The number of hydrogen-bond acceptors (Lipinski definition) is 7. The Kier molecular flexibility index (Phi) is 5.82. The molecule has 2 heterocycles. The Labute approximate surface area is 179 Å². The van der Waals surface area contributed by atoms with Crippen molar-refractivity contribution in [2.75, 3.05) is 44.2 Å². The number of anilines is 1. The van der Waals surface area contributed by atoms with Crippen LogP contribution in [0.15, 0.2) is 46.2 Å². The van der Waals surface area contributed by atoms with Crippen molar-refractivity contribution in [3.05, 3.63) is 41.4 Å². The van der Waals surface area contributed by atoms with Crippen LogP contribution >= 0.6 is 11.6 Å². The maximum atomic E-state index is 12.8. The van der Waals surface area contributed by atoms with E-state index in [0.29, 0.717) is 37.9 Å². The zero-order valence-electron chi connectivity index (χ0n) is 15.7. The molecule has 0 aliphatic carbocycles. The number of fused-ring (bicyclic) bond motifs is 1. The molecule has 0 atom stereocenters. The normalized spacial score (nSPS) is 17.5.